The molecule has 0 bridgehead atoms. The Hall–Kier alpha value is -0.600. The molecule has 1 nitrogen and oxygen atoms in total. The maximum atomic E-state index is 13.3. The lowest BCUT2D eigenvalue weighted by molar-refractivity contribution is 0.184. The quantitative estimate of drug-likeness (QED) is 0.714. The molecule has 1 aliphatic carbocycles. The zero-order chi connectivity index (χ0) is 15.3. The summed E-state index contributed by atoms with van der Waals surface area (Å²) in [5, 5.41) is 3.98. The van der Waals surface area contributed by atoms with Gasteiger partial charge in [-0.3, -0.25) is 0 Å². The summed E-state index contributed by atoms with van der Waals surface area (Å²) in [5.74, 6) is -0.329. The Bertz CT molecular complexity index is 455. The maximum absolute atomic E-state index is 13.3. The number of rotatable bonds is 7. The van der Waals surface area contributed by atoms with E-state index in [1.165, 1.54) is 38.2 Å². The molecule has 0 aromatic heterocycles. The van der Waals surface area contributed by atoms with Gasteiger partial charge in [0.05, 0.1) is 5.02 Å². The third-order valence-corrected chi connectivity index (χ3v) is 5.40. The van der Waals surface area contributed by atoms with Crippen LogP contribution < -0.4 is 5.32 Å². The summed E-state index contributed by atoms with van der Waals surface area (Å²) in [7, 11) is 0. The van der Waals surface area contributed by atoms with Crippen LogP contribution in [0.4, 0.5) is 4.39 Å². The first kappa shape index (κ1) is 16.8. The van der Waals surface area contributed by atoms with E-state index in [9.17, 15) is 4.39 Å². The van der Waals surface area contributed by atoms with E-state index in [4.69, 9.17) is 11.6 Å². The van der Waals surface area contributed by atoms with E-state index < -0.39 is 0 Å². The van der Waals surface area contributed by atoms with Crippen LogP contribution in [-0.4, -0.2) is 12.6 Å². The van der Waals surface area contributed by atoms with Crippen molar-refractivity contribution in [2.24, 2.45) is 5.41 Å². The van der Waals surface area contributed by atoms with Crippen LogP contribution in [0.1, 0.15) is 57.9 Å². The average molecular weight is 312 g/mol. The third-order valence-electron chi connectivity index (χ3n) is 5.11. The summed E-state index contributed by atoms with van der Waals surface area (Å²) in [4.78, 5) is 0. The topological polar surface area (TPSA) is 12.0 Å². The Labute approximate surface area is 133 Å². The Morgan fingerprint density at radius 3 is 2.57 bits per heavy atom. The average Bonchev–Trinajstić information content (AvgIpc) is 2.97. The highest BCUT2D eigenvalue weighted by atomic mass is 35.5. The van der Waals surface area contributed by atoms with Crippen molar-refractivity contribution >= 4 is 11.6 Å². The van der Waals surface area contributed by atoms with Crippen molar-refractivity contribution in [1.29, 1.82) is 0 Å². The fraction of sp³-hybridized carbons (Fsp3) is 0.667. The van der Waals surface area contributed by atoms with E-state index in [2.05, 4.69) is 19.2 Å². The second kappa shape index (κ2) is 7.60. The summed E-state index contributed by atoms with van der Waals surface area (Å²) < 4.78 is 13.3. The first-order chi connectivity index (χ1) is 10.1. The van der Waals surface area contributed by atoms with Crippen LogP contribution in [-0.2, 0) is 6.42 Å². The predicted molar refractivity (Wildman–Crippen MR) is 88.4 cm³/mol. The molecule has 1 aliphatic rings. The first-order valence-electron chi connectivity index (χ1n) is 8.28. The Balaban J connectivity index is 2.17. The van der Waals surface area contributed by atoms with Crippen LogP contribution >= 0.6 is 11.6 Å². The summed E-state index contributed by atoms with van der Waals surface area (Å²) >= 11 is 5.93. The van der Waals surface area contributed by atoms with Gasteiger partial charge in [0, 0.05) is 6.04 Å². The monoisotopic (exact) mass is 311 g/mol. The molecule has 1 unspecified atom stereocenters. The van der Waals surface area contributed by atoms with E-state index in [1.54, 1.807) is 6.07 Å². The largest absolute Gasteiger partial charge is 0.313 e. The highest BCUT2D eigenvalue weighted by molar-refractivity contribution is 6.30. The lowest BCUT2D eigenvalue weighted by Gasteiger charge is -2.38. The van der Waals surface area contributed by atoms with Crippen molar-refractivity contribution in [3.8, 4) is 0 Å². The van der Waals surface area contributed by atoms with Crippen molar-refractivity contribution in [2.45, 2.75) is 64.8 Å². The van der Waals surface area contributed by atoms with E-state index in [0.717, 1.165) is 24.9 Å². The van der Waals surface area contributed by atoms with Gasteiger partial charge in [0.25, 0.3) is 0 Å². The van der Waals surface area contributed by atoms with Crippen molar-refractivity contribution < 1.29 is 4.39 Å². The molecule has 1 aromatic carbocycles. The molecule has 1 saturated carbocycles. The Morgan fingerprint density at radius 2 is 2.00 bits per heavy atom. The highest BCUT2D eigenvalue weighted by Gasteiger charge is 2.39. The lowest BCUT2D eigenvalue weighted by atomic mass is 9.74. The second-order valence-electron chi connectivity index (χ2n) is 6.38. The highest BCUT2D eigenvalue weighted by Crippen LogP contribution is 2.44. The van der Waals surface area contributed by atoms with E-state index in [-0.39, 0.29) is 10.8 Å². The molecule has 0 heterocycles. The molecule has 1 fully saturated rings. The lowest BCUT2D eigenvalue weighted by Crippen LogP contribution is -2.45. The van der Waals surface area contributed by atoms with Gasteiger partial charge in [-0.15, -0.1) is 0 Å². The van der Waals surface area contributed by atoms with Gasteiger partial charge in [0.15, 0.2) is 0 Å². The van der Waals surface area contributed by atoms with Gasteiger partial charge < -0.3 is 5.32 Å². The smallest absolute Gasteiger partial charge is 0.141 e. The van der Waals surface area contributed by atoms with Crippen molar-refractivity contribution in [1.82, 2.24) is 5.32 Å². The molecular formula is C18H27ClFN. The molecule has 0 radical (unpaired) electrons. The molecule has 2 rings (SSSR count). The maximum Gasteiger partial charge on any atom is 0.141 e. The molecule has 21 heavy (non-hydrogen) atoms. The molecule has 0 spiro atoms. The zero-order valence-electron chi connectivity index (χ0n) is 13.2. The predicted octanol–water partition coefficient (Wildman–Crippen LogP) is 5.36. The van der Waals surface area contributed by atoms with Crippen LogP contribution in [0, 0.1) is 11.2 Å². The van der Waals surface area contributed by atoms with Crippen LogP contribution in [0.3, 0.4) is 0 Å². The van der Waals surface area contributed by atoms with Gasteiger partial charge in [0.2, 0.25) is 0 Å². The Morgan fingerprint density at radius 1 is 1.29 bits per heavy atom. The van der Waals surface area contributed by atoms with Gasteiger partial charge in [-0.1, -0.05) is 44.4 Å². The van der Waals surface area contributed by atoms with E-state index in [1.807, 2.05) is 6.07 Å². The number of hydrogen-bond donors (Lipinski definition) is 1. The van der Waals surface area contributed by atoms with E-state index in [0.29, 0.717) is 11.5 Å². The molecule has 3 heteroatoms. The molecule has 118 valence electrons. The normalized spacial score (nSPS) is 18.9. The molecule has 1 aromatic rings. The Kier molecular flexibility index (Phi) is 6.07. The first-order valence-corrected chi connectivity index (χ1v) is 8.66. The van der Waals surface area contributed by atoms with Gasteiger partial charge >= 0.3 is 0 Å². The van der Waals surface area contributed by atoms with Gasteiger partial charge in [-0.05, 0) is 61.8 Å². The fourth-order valence-corrected chi connectivity index (χ4v) is 3.96. The van der Waals surface area contributed by atoms with E-state index >= 15 is 0 Å². The number of halogens is 2. The molecule has 0 amide bonds. The molecule has 0 aliphatic heterocycles. The SMILES string of the molecule is CCCNC(Cc1ccc(F)c(Cl)c1)C1(CC)CCCC1. The standard InChI is InChI=1S/C18H27ClFN/c1-3-11-21-17(18(4-2)9-5-6-10-18)13-14-7-8-16(20)15(19)12-14/h7-8,12,17,21H,3-6,9-11,13H2,1-2H3. The van der Waals surface area contributed by atoms with Crippen LogP contribution in [0.2, 0.25) is 5.02 Å². The number of hydrogen-bond acceptors (Lipinski definition) is 1. The number of nitrogens with one attached hydrogen (secondary N) is 1. The minimum atomic E-state index is -0.329. The summed E-state index contributed by atoms with van der Waals surface area (Å²) in [6.45, 7) is 5.55. The summed E-state index contributed by atoms with van der Waals surface area (Å²) in [5.41, 5.74) is 1.53. The third kappa shape index (κ3) is 3.98. The number of benzene rings is 1. The van der Waals surface area contributed by atoms with Crippen LogP contribution in [0.15, 0.2) is 18.2 Å². The minimum absolute atomic E-state index is 0.235. The fourth-order valence-electron chi connectivity index (χ4n) is 3.75. The van der Waals surface area contributed by atoms with Gasteiger partial charge in [-0.2, -0.15) is 0 Å². The van der Waals surface area contributed by atoms with Crippen molar-refractivity contribution in [3.63, 3.8) is 0 Å². The van der Waals surface area contributed by atoms with Gasteiger partial charge in [0.1, 0.15) is 5.82 Å². The molecule has 1 atom stereocenters. The minimum Gasteiger partial charge on any atom is -0.313 e. The zero-order valence-corrected chi connectivity index (χ0v) is 14.0. The molecular weight excluding hydrogens is 285 g/mol. The second-order valence-corrected chi connectivity index (χ2v) is 6.79. The van der Waals surface area contributed by atoms with Crippen LogP contribution in [0.5, 0.6) is 0 Å². The van der Waals surface area contributed by atoms with Gasteiger partial charge in [-0.25, -0.2) is 4.39 Å². The van der Waals surface area contributed by atoms with Crippen molar-refractivity contribution in [2.75, 3.05) is 6.54 Å². The summed E-state index contributed by atoms with van der Waals surface area (Å²) in [6.07, 6.45) is 8.57. The van der Waals surface area contributed by atoms with Crippen LogP contribution in [0.25, 0.3) is 0 Å². The summed E-state index contributed by atoms with van der Waals surface area (Å²) in [6, 6.07) is 5.61. The molecule has 1 N–H and O–H groups in total. The molecule has 0 saturated heterocycles. The van der Waals surface area contributed by atoms with Crippen molar-refractivity contribution in [3.05, 3.63) is 34.6 Å².